The van der Waals surface area contributed by atoms with E-state index in [2.05, 4.69) is 55.3 Å². The normalized spacial score (nSPS) is 25.3. The van der Waals surface area contributed by atoms with Gasteiger partial charge in [0, 0.05) is 50.8 Å². The number of rotatable bonds is 7. The Hall–Kier alpha value is -1.96. The fourth-order valence-corrected chi connectivity index (χ4v) is 5.67. The first kappa shape index (κ1) is 20.9. The molecule has 1 aliphatic carbocycles. The van der Waals surface area contributed by atoms with Gasteiger partial charge in [-0.25, -0.2) is 0 Å². The van der Waals surface area contributed by atoms with E-state index in [1.54, 1.807) is 0 Å². The number of nitrogens with one attached hydrogen (secondary N) is 1. The molecule has 6 nitrogen and oxygen atoms in total. The molecule has 0 bridgehead atoms. The summed E-state index contributed by atoms with van der Waals surface area (Å²) in [5, 5.41) is 4.43. The van der Waals surface area contributed by atoms with Gasteiger partial charge in [0.1, 0.15) is 0 Å². The highest BCUT2D eigenvalue weighted by molar-refractivity contribution is 7.80. The first-order valence-electron chi connectivity index (χ1n) is 11.7. The van der Waals surface area contributed by atoms with Crippen LogP contribution in [0.5, 0.6) is 0 Å². The van der Waals surface area contributed by atoms with Gasteiger partial charge in [-0.15, -0.1) is 0 Å². The summed E-state index contributed by atoms with van der Waals surface area (Å²) < 4.78 is 7.92. The predicted octanol–water partition coefficient (Wildman–Crippen LogP) is 3.69. The van der Waals surface area contributed by atoms with Crippen LogP contribution in [0.1, 0.15) is 61.5 Å². The topological polar surface area (TPSA) is 45.6 Å². The van der Waals surface area contributed by atoms with E-state index in [9.17, 15) is 0 Å². The Labute approximate surface area is 190 Å². The van der Waals surface area contributed by atoms with Crippen molar-refractivity contribution >= 4 is 17.3 Å². The third kappa shape index (κ3) is 4.64. The van der Waals surface area contributed by atoms with Gasteiger partial charge >= 0.3 is 0 Å². The SMILES string of the molecule is S=C1N[C@H](c2ccccn2)[C@H](c2ccn(C3CCCC3)c2)N1CCCN1CCOCC1. The Morgan fingerprint density at radius 1 is 1.10 bits per heavy atom. The van der Waals surface area contributed by atoms with E-state index in [-0.39, 0.29) is 12.1 Å². The summed E-state index contributed by atoms with van der Waals surface area (Å²) in [6.45, 7) is 5.81. The molecule has 1 saturated carbocycles. The molecule has 0 unspecified atom stereocenters. The van der Waals surface area contributed by atoms with Gasteiger partial charge in [0.15, 0.2) is 5.11 Å². The molecule has 0 amide bonds. The molecular formula is C24H33N5OS. The molecule has 1 N–H and O–H groups in total. The van der Waals surface area contributed by atoms with Crippen molar-refractivity contribution < 1.29 is 4.74 Å². The van der Waals surface area contributed by atoms with Crippen molar-refractivity contribution in [1.82, 2.24) is 24.7 Å². The second kappa shape index (κ2) is 9.67. The molecule has 3 aliphatic rings. The van der Waals surface area contributed by atoms with Gasteiger partial charge < -0.3 is 19.5 Å². The zero-order valence-electron chi connectivity index (χ0n) is 18.2. The molecule has 2 saturated heterocycles. The van der Waals surface area contributed by atoms with E-state index in [0.29, 0.717) is 6.04 Å². The lowest BCUT2D eigenvalue weighted by Crippen LogP contribution is -2.38. The summed E-state index contributed by atoms with van der Waals surface area (Å²) >= 11 is 5.83. The van der Waals surface area contributed by atoms with Gasteiger partial charge in [-0.3, -0.25) is 9.88 Å². The highest BCUT2D eigenvalue weighted by Gasteiger charge is 2.40. The maximum absolute atomic E-state index is 5.83. The van der Waals surface area contributed by atoms with Crippen LogP contribution in [0, 0.1) is 0 Å². The molecule has 4 heterocycles. The zero-order chi connectivity index (χ0) is 21.0. The van der Waals surface area contributed by atoms with Crippen LogP contribution in [0.15, 0.2) is 42.9 Å². The van der Waals surface area contributed by atoms with Crippen LogP contribution in [0.25, 0.3) is 0 Å². The van der Waals surface area contributed by atoms with E-state index < -0.39 is 0 Å². The fraction of sp³-hybridized carbons (Fsp3) is 0.583. The highest BCUT2D eigenvalue weighted by atomic mass is 32.1. The van der Waals surface area contributed by atoms with E-state index >= 15 is 0 Å². The summed E-state index contributed by atoms with van der Waals surface area (Å²) in [6, 6.07) is 9.35. The number of hydrogen-bond donors (Lipinski definition) is 1. The van der Waals surface area contributed by atoms with Gasteiger partial charge in [-0.2, -0.15) is 0 Å². The molecule has 2 atom stereocenters. The largest absolute Gasteiger partial charge is 0.379 e. The monoisotopic (exact) mass is 439 g/mol. The van der Waals surface area contributed by atoms with Crippen molar-refractivity contribution in [3.8, 4) is 0 Å². The van der Waals surface area contributed by atoms with Gasteiger partial charge in [0.05, 0.1) is 31.0 Å². The average molecular weight is 440 g/mol. The molecular weight excluding hydrogens is 406 g/mol. The number of nitrogens with zero attached hydrogens (tertiary/aromatic N) is 4. The molecule has 2 aliphatic heterocycles. The first-order chi connectivity index (χ1) is 15.3. The van der Waals surface area contributed by atoms with Crippen LogP contribution >= 0.6 is 12.2 Å². The van der Waals surface area contributed by atoms with E-state index in [0.717, 1.165) is 56.6 Å². The third-order valence-electron chi connectivity index (χ3n) is 7.00. The van der Waals surface area contributed by atoms with Crippen molar-refractivity contribution in [2.24, 2.45) is 0 Å². The number of thiocarbonyl (C=S) groups is 1. The third-order valence-corrected chi connectivity index (χ3v) is 7.35. The minimum atomic E-state index is 0.0801. The summed E-state index contributed by atoms with van der Waals surface area (Å²) in [4.78, 5) is 9.56. The van der Waals surface area contributed by atoms with Gasteiger partial charge in [0.2, 0.25) is 0 Å². The lowest BCUT2D eigenvalue weighted by Gasteiger charge is -2.30. The maximum Gasteiger partial charge on any atom is 0.170 e. The number of morpholine rings is 1. The Morgan fingerprint density at radius 3 is 2.71 bits per heavy atom. The molecule has 166 valence electrons. The number of ether oxygens (including phenoxy) is 1. The molecule has 0 spiro atoms. The second-order valence-electron chi connectivity index (χ2n) is 8.96. The molecule has 31 heavy (non-hydrogen) atoms. The van der Waals surface area contributed by atoms with Gasteiger partial charge in [-0.1, -0.05) is 18.9 Å². The van der Waals surface area contributed by atoms with Crippen LogP contribution in [0.2, 0.25) is 0 Å². The molecule has 5 rings (SSSR count). The Balaban J connectivity index is 1.35. The number of hydrogen-bond acceptors (Lipinski definition) is 4. The second-order valence-corrected chi connectivity index (χ2v) is 9.34. The summed E-state index contributed by atoms with van der Waals surface area (Å²) in [7, 11) is 0. The van der Waals surface area contributed by atoms with Gasteiger partial charge in [0.25, 0.3) is 0 Å². The van der Waals surface area contributed by atoms with Gasteiger partial charge in [-0.05, 0) is 55.2 Å². The van der Waals surface area contributed by atoms with Crippen molar-refractivity contribution in [3.63, 3.8) is 0 Å². The van der Waals surface area contributed by atoms with Crippen LogP contribution in [0.4, 0.5) is 0 Å². The molecule has 7 heteroatoms. The van der Waals surface area contributed by atoms with E-state index in [1.165, 1.54) is 31.2 Å². The van der Waals surface area contributed by atoms with E-state index in [4.69, 9.17) is 17.0 Å². The minimum absolute atomic E-state index is 0.0801. The molecule has 2 aromatic heterocycles. The lowest BCUT2D eigenvalue weighted by molar-refractivity contribution is 0.0365. The molecule has 2 aromatic rings. The van der Waals surface area contributed by atoms with E-state index in [1.807, 2.05) is 12.3 Å². The van der Waals surface area contributed by atoms with Crippen molar-refractivity contribution in [3.05, 3.63) is 54.1 Å². The predicted molar refractivity (Wildman–Crippen MR) is 126 cm³/mol. The van der Waals surface area contributed by atoms with Crippen molar-refractivity contribution in [2.75, 3.05) is 39.4 Å². The zero-order valence-corrected chi connectivity index (χ0v) is 19.0. The smallest absolute Gasteiger partial charge is 0.170 e. The summed E-state index contributed by atoms with van der Waals surface area (Å²) in [5.74, 6) is 0. The molecule has 3 fully saturated rings. The average Bonchev–Trinajstić information content (AvgIpc) is 3.55. The summed E-state index contributed by atoms with van der Waals surface area (Å²) in [6.07, 6.45) is 12.9. The molecule has 0 radical (unpaired) electrons. The van der Waals surface area contributed by atoms with Crippen LogP contribution < -0.4 is 5.32 Å². The van der Waals surface area contributed by atoms with Crippen molar-refractivity contribution in [2.45, 2.75) is 50.2 Å². The molecule has 0 aromatic carbocycles. The van der Waals surface area contributed by atoms with Crippen molar-refractivity contribution in [1.29, 1.82) is 0 Å². The summed E-state index contributed by atoms with van der Waals surface area (Å²) in [5.41, 5.74) is 2.39. The van der Waals surface area contributed by atoms with Crippen LogP contribution in [-0.2, 0) is 4.74 Å². The Morgan fingerprint density at radius 2 is 1.94 bits per heavy atom. The number of aromatic nitrogens is 2. The minimum Gasteiger partial charge on any atom is -0.379 e. The Kier molecular flexibility index (Phi) is 6.53. The highest BCUT2D eigenvalue weighted by Crippen LogP contribution is 2.40. The van der Waals surface area contributed by atoms with Crippen LogP contribution in [-0.4, -0.2) is 63.9 Å². The Bertz CT molecular complexity index is 860. The van der Waals surface area contributed by atoms with Crippen LogP contribution in [0.3, 0.4) is 0 Å². The first-order valence-corrected chi connectivity index (χ1v) is 12.2. The quantitative estimate of drug-likeness (QED) is 0.664. The maximum atomic E-state index is 5.83. The number of pyridine rings is 1. The standard InChI is InChI=1S/C24H33N5OS/c31-24-26-22(21-8-3-4-10-25-21)23(19-9-13-28(18-19)20-6-1-2-7-20)29(24)12-5-11-27-14-16-30-17-15-27/h3-4,8-10,13,18,20,22-23H,1-2,5-7,11-12,14-17H2,(H,26,31)/t22-,23+/m1/s1. The fourth-order valence-electron chi connectivity index (χ4n) is 5.33. The lowest BCUT2D eigenvalue weighted by atomic mass is 9.99.